The van der Waals surface area contributed by atoms with Gasteiger partial charge < -0.3 is 0 Å². The van der Waals surface area contributed by atoms with Crippen LogP contribution < -0.4 is 0 Å². The molecule has 1 aliphatic rings. The molecule has 1 saturated carbocycles. The summed E-state index contributed by atoms with van der Waals surface area (Å²) in [5, 5.41) is 0. The third kappa shape index (κ3) is 3.40. The molecule has 2 heteroatoms. The van der Waals surface area contributed by atoms with Crippen molar-refractivity contribution in [2.45, 2.75) is 71.6 Å². The van der Waals surface area contributed by atoms with Crippen LogP contribution in [0.15, 0.2) is 0 Å². The number of Topliss-reactive ketones (excluding diaryl/α,β-unsaturated/α-hetero) is 1. The minimum absolute atomic E-state index is 0.0375. The lowest BCUT2D eigenvalue weighted by atomic mass is 9.65. The highest BCUT2D eigenvalue weighted by Crippen LogP contribution is 2.41. The van der Waals surface area contributed by atoms with Gasteiger partial charge in [0, 0.05) is 0 Å². The molecule has 1 rings (SSSR count). The van der Waals surface area contributed by atoms with Crippen molar-refractivity contribution in [3.05, 3.63) is 0 Å². The Morgan fingerprint density at radius 2 is 1.88 bits per heavy atom. The molecule has 0 saturated heterocycles. The van der Waals surface area contributed by atoms with Crippen LogP contribution in [0.4, 0.5) is 0 Å². The van der Waals surface area contributed by atoms with Gasteiger partial charge in [-0.2, -0.15) is 0 Å². The second kappa shape index (κ2) is 6.93. The van der Waals surface area contributed by atoms with Gasteiger partial charge in [-0.1, -0.05) is 45.4 Å². The summed E-state index contributed by atoms with van der Waals surface area (Å²) in [6.45, 7) is 3.71. The van der Waals surface area contributed by atoms with Crippen LogP contribution in [0.1, 0.15) is 71.6 Å². The topological polar surface area (TPSA) is 34.1 Å². The summed E-state index contributed by atoms with van der Waals surface area (Å²) >= 11 is 0. The first-order valence-corrected chi connectivity index (χ1v) is 7.07. The van der Waals surface area contributed by atoms with E-state index in [1.807, 2.05) is 0 Å². The van der Waals surface area contributed by atoms with Crippen LogP contribution >= 0.6 is 0 Å². The van der Waals surface area contributed by atoms with Gasteiger partial charge in [0.05, 0.1) is 5.41 Å². The Morgan fingerprint density at radius 3 is 2.35 bits per heavy atom. The summed E-state index contributed by atoms with van der Waals surface area (Å²) in [6, 6.07) is 0. The van der Waals surface area contributed by atoms with E-state index >= 15 is 0 Å². The zero-order valence-electron chi connectivity index (χ0n) is 11.3. The summed E-state index contributed by atoms with van der Waals surface area (Å²) in [4.78, 5) is 23.3. The van der Waals surface area contributed by atoms with E-state index in [1.165, 1.54) is 6.42 Å². The molecule has 0 aliphatic heterocycles. The van der Waals surface area contributed by atoms with Crippen LogP contribution in [-0.2, 0) is 9.59 Å². The van der Waals surface area contributed by atoms with Gasteiger partial charge in [-0.05, 0) is 32.1 Å². The summed E-state index contributed by atoms with van der Waals surface area (Å²) in [7, 11) is 0. The van der Waals surface area contributed by atoms with Crippen molar-refractivity contribution < 1.29 is 9.59 Å². The Hall–Kier alpha value is -0.660. The smallest absolute Gasteiger partial charge is 0.213 e. The van der Waals surface area contributed by atoms with E-state index in [-0.39, 0.29) is 11.7 Å². The summed E-state index contributed by atoms with van der Waals surface area (Å²) in [6.07, 6.45) is 11.7. The number of unbranched alkanes of at least 4 members (excludes halogenated alkanes) is 2. The molecule has 0 spiro atoms. The highest BCUT2D eigenvalue weighted by Gasteiger charge is 2.43. The summed E-state index contributed by atoms with van der Waals surface area (Å²) in [5.74, 6) is 0.290. The minimum Gasteiger partial charge on any atom is -0.299 e. The molecule has 1 fully saturated rings. The highest BCUT2D eigenvalue weighted by atomic mass is 16.1. The monoisotopic (exact) mass is 237 g/mol. The van der Waals surface area contributed by atoms with Crippen LogP contribution in [0.2, 0.25) is 0 Å². The van der Waals surface area contributed by atoms with Gasteiger partial charge in [-0.15, -0.1) is 0 Å². The van der Waals surface area contributed by atoms with Crippen molar-refractivity contribution in [2.75, 3.05) is 0 Å². The maximum absolute atomic E-state index is 11.9. The van der Waals surface area contributed by atoms with Gasteiger partial charge in [0.25, 0.3) is 0 Å². The Labute approximate surface area is 105 Å². The number of ketones is 1. The van der Waals surface area contributed by atoms with Gasteiger partial charge in [0.15, 0.2) is 0 Å². The van der Waals surface area contributed by atoms with Crippen molar-refractivity contribution in [1.29, 1.82) is 0 Å². The number of rotatable bonds is 7. The van der Waals surface area contributed by atoms with Gasteiger partial charge in [0.1, 0.15) is 5.78 Å². The van der Waals surface area contributed by atoms with Gasteiger partial charge in [-0.3, -0.25) is 9.59 Å². The number of hydrogen-bond acceptors (Lipinski definition) is 2. The number of carbonyl (C=O) groups excluding carboxylic acids is 2. The maximum atomic E-state index is 11.9. The second-order valence-corrected chi connectivity index (χ2v) is 5.42. The molecule has 0 aromatic rings. The van der Waals surface area contributed by atoms with Gasteiger partial charge in [0.2, 0.25) is 6.29 Å². The summed E-state index contributed by atoms with van der Waals surface area (Å²) < 4.78 is 0. The second-order valence-electron chi connectivity index (χ2n) is 5.42. The third-order valence-corrected chi connectivity index (χ3v) is 4.29. The first-order chi connectivity index (χ1) is 8.17. The lowest BCUT2D eigenvalue weighted by Gasteiger charge is -2.36. The average molecular weight is 237 g/mol. The predicted octanol–water partition coefficient (Wildman–Crippen LogP) is 3.83. The molecule has 97 valence electrons. The fourth-order valence-electron chi connectivity index (χ4n) is 3.12. The van der Waals surface area contributed by atoms with Crippen LogP contribution in [0.3, 0.4) is 0 Å². The molecule has 17 heavy (non-hydrogen) atoms. The average Bonchev–Trinajstić information content (AvgIpc) is 2.36. The fourth-order valence-corrected chi connectivity index (χ4v) is 3.12. The SMILES string of the molecule is CCCCCC([C]=O)(C(C)=O)C1CCCCC1. The molecule has 0 N–H and O–H groups in total. The lowest BCUT2D eigenvalue weighted by Crippen LogP contribution is -2.40. The lowest BCUT2D eigenvalue weighted by molar-refractivity contribution is -0.126. The van der Waals surface area contributed by atoms with E-state index < -0.39 is 5.41 Å². The fraction of sp³-hybridized carbons (Fsp3) is 0.867. The van der Waals surface area contributed by atoms with Crippen molar-refractivity contribution >= 4 is 12.1 Å². The molecule has 0 bridgehead atoms. The van der Waals surface area contributed by atoms with Gasteiger partial charge in [-0.25, -0.2) is 0 Å². The first kappa shape index (κ1) is 14.4. The molecule has 1 unspecified atom stereocenters. The summed E-state index contributed by atoms with van der Waals surface area (Å²) in [5.41, 5.74) is -0.782. The Kier molecular flexibility index (Phi) is 5.87. The van der Waals surface area contributed by atoms with Crippen LogP contribution in [0.5, 0.6) is 0 Å². The van der Waals surface area contributed by atoms with E-state index in [9.17, 15) is 9.59 Å². The molecular formula is C15H25O2. The number of carbonyl (C=O) groups is 1. The molecule has 0 heterocycles. The largest absolute Gasteiger partial charge is 0.299 e. The van der Waals surface area contributed by atoms with E-state index in [1.54, 1.807) is 6.92 Å². The standard InChI is InChI=1S/C15H25O2/c1-3-4-8-11-15(12-16,13(2)17)14-9-6-5-7-10-14/h14H,3-11H2,1-2H3. The molecule has 1 radical (unpaired) electrons. The molecular weight excluding hydrogens is 212 g/mol. The molecule has 0 aromatic carbocycles. The van der Waals surface area contributed by atoms with Crippen molar-refractivity contribution in [3.8, 4) is 0 Å². The van der Waals surface area contributed by atoms with Crippen molar-refractivity contribution in [1.82, 2.24) is 0 Å². The van der Waals surface area contributed by atoms with E-state index in [2.05, 4.69) is 13.2 Å². The van der Waals surface area contributed by atoms with Gasteiger partial charge >= 0.3 is 0 Å². The quantitative estimate of drug-likeness (QED) is 0.498. The van der Waals surface area contributed by atoms with Crippen LogP contribution in [-0.4, -0.2) is 12.1 Å². The normalized spacial score (nSPS) is 20.8. The molecule has 0 amide bonds. The predicted molar refractivity (Wildman–Crippen MR) is 69.5 cm³/mol. The molecule has 0 aromatic heterocycles. The minimum atomic E-state index is -0.782. The first-order valence-electron chi connectivity index (χ1n) is 7.07. The van der Waals surface area contributed by atoms with E-state index in [0.29, 0.717) is 6.42 Å². The zero-order chi connectivity index (χ0) is 12.7. The molecule has 2 nitrogen and oxygen atoms in total. The number of hydrogen-bond donors (Lipinski definition) is 0. The molecule has 1 atom stereocenters. The highest BCUT2D eigenvalue weighted by molar-refractivity contribution is 5.97. The zero-order valence-corrected chi connectivity index (χ0v) is 11.3. The Balaban J connectivity index is 2.75. The van der Waals surface area contributed by atoms with E-state index in [4.69, 9.17) is 0 Å². The molecule has 1 aliphatic carbocycles. The maximum Gasteiger partial charge on any atom is 0.213 e. The third-order valence-electron chi connectivity index (χ3n) is 4.29. The van der Waals surface area contributed by atoms with E-state index in [0.717, 1.165) is 44.9 Å². The van der Waals surface area contributed by atoms with Crippen LogP contribution in [0.25, 0.3) is 0 Å². The van der Waals surface area contributed by atoms with Crippen molar-refractivity contribution in [3.63, 3.8) is 0 Å². The van der Waals surface area contributed by atoms with Crippen LogP contribution in [0, 0.1) is 11.3 Å². The Morgan fingerprint density at radius 1 is 1.24 bits per heavy atom. The Bertz CT molecular complexity index is 254. The van der Waals surface area contributed by atoms with Crippen molar-refractivity contribution in [2.24, 2.45) is 11.3 Å².